The molecule has 1 aromatic heterocycles. The van der Waals surface area contributed by atoms with Crippen molar-refractivity contribution in [2.24, 2.45) is 0 Å². The van der Waals surface area contributed by atoms with Crippen LogP contribution in [-0.2, 0) is 10.6 Å². The van der Waals surface area contributed by atoms with E-state index < -0.39 is 5.97 Å². The van der Waals surface area contributed by atoms with E-state index in [0.717, 1.165) is 5.56 Å². The molecule has 0 aliphatic rings. The molecule has 0 saturated carbocycles. The minimum atomic E-state index is -0.467. The van der Waals surface area contributed by atoms with Crippen LogP contribution in [0.4, 0.5) is 0 Å². The molecule has 1 aromatic carbocycles. The number of ether oxygens (including phenoxy) is 1. The Labute approximate surface area is 126 Å². The van der Waals surface area contributed by atoms with Gasteiger partial charge in [-0.1, -0.05) is 11.6 Å². The number of nitrogens with zero attached hydrogens (tertiary/aromatic N) is 2. The lowest BCUT2D eigenvalue weighted by molar-refractivity contribution is 0.0524. The summed E-state index contributed by atoms with van der Waals surface area (Å²) in [7, 11) is 0. The first kappa shape index (κ1) is 14.8. The number of rotatable bonds is 4. The molecular formula is C14H12Cl2N2O2. The summed E-state index contributed by atoms with van der Waals surface area (Å²) in [6, 6.07) is 7.11. The lowest BCUT2D eigenvalue weighted by Gasteiger charge is -2.07. The number of hydrogen-bond donors (Lipinski definition) is 0. The normalized spacial score (nSPS) is 10.3. The summed E-state index contributed by atoms with van der Waals surface area (Å²) in [6.07, 6.45) is 1.44. The molecule has 0 unspecified atom stereocenters. The molecule has 2 aromatic rings. The second-order valence-corrected chi connectivity index (χ2v) is 4.62. The molecule has 0 radical (unpaired) electrons. The molecule has 0 fully saturated rings. The van der Waals surface area contributed by atoms with E-state index >= 15 is 0 Å². The lowest BCUT2D eigenvalue weighted by Crippen LogP contribution is -2.10. The van der Waals surface area contributed by atoms with Crippen molar-refractivity contribution < 1.29 is 9.53 Å². The predicted octanol–water partition coefficient (Wildman–Crippen LogP) is 3.71. The number of carbonyl (C=O) groups is 1. The van der Waals surface area contributed by atoms with Gasteiger partial charge in [-0.05, 0) is 31.2 Å². The minimum Gasteiger partial charge on any atom is -0.462 e. The largest absolute Gasteiger partial charge is 0.462 e. The number of hydrogen-bond acceptors (Lipinski definition) is 4. The summed E-state index contributed by atoms with van der Waals surface area (Å²) in [5, 5.41) is 0.634. The van der Waals surface area contributed by atoms with Crippen molar-refractivity contribution in [2.45, 2.75) is 12.8 Å². The van der Waals surface area contributed by atoms with E-state index in [1.54, 1.807) is 31.2 Å². The number of halogens is 2. The SMILES string of the molecule is CCOC(=O)c1cnc(-c2ccc(Cl)cc2)nc1CCl. The van der Waals surface area contributed by atoms with Crippen LogP contribution in [0, 0.1) is 0 Å². The first-order valence-corrected chi connectivity index (χ1v) is 6.92. The van der Waals surface area contributed by atoms with Gasteiger partial charge in [-0.25, -0.2) is 14.8 Å². The standard InChI is InChI=1S/C14H12Cl2N2O2/c1-2-20-14(19)11-8-17-13(18-12(11)7-15)9-3-5-10(16)6-4-9/h3-6,8H,2,7H2,1H3. The van der Waals surface area contributed by atoms with Crippen LogP contribution in [0.25, 0.3) is 11.4 Å². The predicted molar refractivity (Wildman–Crippen MR) is 78.0 cm³/mol. The van der Waals surface area contributed by atoms with Crippen LogP contribution in [0.15, 0.2) is 30.5 Å². The molecule has 0 aliphatic heterocycles. The van der Waals surface area contributed by atoms with Gasteiger partial charge in [0.15, 0.2) is 5.82 Å². The van der Waals surface area contributed by atoms with Gasteiger partial charge in [0.05, 0.1) is 18.2 Å². The van der Waals surface area contributed by atoms with Crippen LogP contribution in [0.1, 0.15) is 23.0 Å². The van der Waals surface area contributed by atoms with Gasteiger partial charge in [-0.15, -0.1) is 11.6 Å². The highest BCUT2D eigenvalue weighted by atomic mass is 35.5. The minimum absolute atomic E-state index is 0.108. The third-order valence-corrected chi connectivity index (χ3v) is 3.10. The first-order chi connectivity index (χ1) is 9.65. The topological polar surface area (TPSA) is 52.1 Å². The fraction of sp³-hybridized carbons (Fsp3) is 0.214. The third kappa shape index (κ3) is 3.26. The zero-order valence-electron chi connectivity index (χ0n) is 10.8. The maximum Gasteiger partial charge on any atom is 0.341 e. The first-order valence-electron chi connectivity index (χ1n) is 6.00. The van der Waals surface area contributed by atoms with Gasteiger partial charge < -0.3 is 4.74 Å². The van der Waals surface area contributed by atoms with Crippen molar-refractivity contribution in [1.29, 1.82) is 0 Å². The van der Waals surface area contributed by atoms with Crippen LogP contribution in [0.3, 0.4) is 0 Å². The molecule has 1 heterocycles. The maximum atomic E-state index is 11.7. The second kappa shape index (κ2) is 6.68. The third-order valence-electron chi connectivity index (χ3n) is 2.59. The highest BCUT2D eigenvalue weighted by molar-refractivity contribution is 6.30. The van der Waals surface area contributed by atoms with E-state index in [0.29, 0.717) is 28.7 Å². The number of esters is 1. The molecule has 0 amide bonds. The Morgan fingerprint density at radius 3 is 2.60 bits per heavy atom. The Bertz CT molecular complexity index is 615. The van der Waals surface area contributed by atoms with Crippen LogP contribution in [0.5, 0.6) is 0 Å². The van der Waals surface area contributed by atoms with Crippen molar-refractivity contribution in [2.75, 3.05) is 6.61 Å². The average molecular weight is 311 g/mol. The van der Waals surface area contributed by atoms with Crippen LogP contribution in [0.2, 0.25) is 5.02 Å². The summed E-state index contributed by atoms with van der Waals surface area (Å²) in [6.45, 7) is 2.03. The van der Waals surface area contributed by atoms with E-state index in [1.165, 1.54) is 6.20 Å². The van der Waals surface area contributed by atoms with Gasteiger partial charge >= 0.3 is 5.97 Å². The fourth-order valence-corrected chi connectivity index (χ4v) is 1.97. The van der Waals surface area contributed by atoms with Gasteiger partial charge in [-0.2, -0.15) is 0 Å². The van der Waals surface area contributed by atoms with E-state index in [1.807, 2.05) is 0 Å². The molecule has 4 nitrogen and oxygen atoms in total. The van der Waals surface area contributed by atoms with Gasteiger partial charge in [0.1, 0.15) is 5.56 Å². The Morgan fingerprint density at radius 1 is 1.30 bits per heavy atom. The monoisotopic (exact) mass is 310 g/mol. The molecule has 0 saturated heterocycles. The summed E-state index contributed by atoms with van der Waals surface area (Å²) >= 11 is 11.7. The summed E-state index contributed by atoms with van der Waals surface area (Å²) in [5.41, 5.74) is 1.54. The van der Waals surface area contributed by atoms with Crippen molar-refractivity contribution >= 4 is 29.2 Å². The zero-order chi connectivity index (χ0) is 14.5. The second-order valence-electron chi connectivity index (χ2n) is 3.91. The highest BCUT2D eigenvalue weighted by Gasteiger charge is 2.15. The smallest absolute Gasteiger partial charge is 0.341 e. The summed E-state index contributed by atoms with van der Waals surface area (Å²) in [4.78, 5) is 20.2. The lowest BCUT2D eigenvalue weighted by atomic mass is 10.2. The van der Waals surface area contributed by atoms with Crippen LogP contribution in [-0.4, -0.2) is 22.5 Å². The van der Waals surface area contributed by atoms with E-state index in [4.69, 9.17) is 27.9 Å². The molecule has 0 aliphatic carbocycles. The Kier molecular flexibility index (Phi) is 4.93. The molecule has 0 atom stereocenters. The van der Waals surface area contributed by atoms with E-state index in [9.17, 15) is 4.79 Å². The molecule has 0 N–H and O–H groups in total. The summed E-state index contributed by atoms with van der Waals surface area (Å²) in [5.74, 6) is 0.133. The highest BCUT2D eigenvalue weighted by Crippen LogP contribution is 2.20. The Balaban J connectivity index is 2.38. The zero-order valence-corrected chi connectivity index (χ0v) is 12.3. The number of alkyl halides is 1. The van der Waals surface area contributed by atoms with Crippen molar-refractivity contribution in [3.05, 3.63) is 46.7 Å². The maximum absolute atomic E-state index is 11.7. The fourth-order valence-electron chi connectivity index (χ4n) is 1.64. The molecule has 2 rings (SSSR count). The number of benzene rings is 1. The molecule has 0 spiro atoms. The van der Waals surface area contributed by atoms with E-state index in [-0.39, 0.29) is 5.88 Å². The number of aromatic nitrogens is 2. The van der Waals surface area contributed by atoms with Crippen LogP contribution < -0.4 is 0 Å². The van der Waals surface area contributed by atoms with Crippen LogP contribution >= 0.6 is 23.2 Å². The molecule has 104 valence electrons. The molecule has 20 heavy (non-hydrogen) atoms. The van der Waals surface area contributed by atoms with Gasteiger partial charge in [0.25, 0.3) is 0 Å². The van der Waals surface area contributed by atoms with Crippen molar-refractivity contribution in [3.63, 3.8) is 0 Å². The molecule has 6 heteroatoms. The van der Waals surface area contributed by atoms with Crippen molar-refractivity contribution in [1.82, 2.24) is 9.97 Å². The Hall–Kier alpha value is -1.65. The van der Waals surface area contributed by atoms with E-state index in [2.05, 4.69) is 9.97 Å². The van der Waals surface area contributed by atoms with Gasteiger partial charge in [-0.3, -0.25) is 0 Å². The van der Waals surface area contributed by atoms with Gasteiger partial charge in [0, 0.05) is 16.8 Å². The molecular weight excluding hydrogens is 299 g/mol. The Morgan fingerprint density at radius 2 is 2.00 bits per heavy atom. The summed E-state index contributed by atoms with van der Waals surface area (Å²) < 4.78 is 4.94. The average Bonchev–Trinajstić information content (AvgIpc) is 2.47. The van der Waals surface area contributed by atoms with Crippen molar-refractivity contribution in [3.8, 4) is 11.4 Å². The van der Waals surface area contributed by atoms with Gasteiger partial charge in [0.2, 0.25) is 0 Å². The quantitative estimate of drug-likeness (QED) is 0.638. The molecule has 0 bridgehead atoms. The number of carbonyl (C=O) groups excluding carboxylic acids is 1.